The van der Waals surface area contributed by atoms with E-state index in [0.717, 1.165) is 17.7 Å². The van der Waals surface area contributed by atoms with Gasteiger partial charge in [-0.15, -0.1) is 0 Å². The molecule has 2 heterocycles. The molecule has 2 aromatic carbocycles. The Morgan fingerprint density at radius 1 is 0.906 bits per heavy atom. The summed E-state index contributed by atoms with van der Waals surface area (Å²) in [4.78, 5) is 13.3. The molecule has 0 fully saturated rings. The average molecular weight is 440 g/mol. The number of pyridine rings is 1. The van der Waals surface area contributed by atoms with Crippen molar-refractivity contribution < 1.29 is 22.6 Å². The van der Waals surface area contributed by atoms with E-state index < -0.39 is 11.6 Å². The molecule has 0 aliphatic rings. The number of nitrogens with one attached hydrogen (secondary N) is 1. The Bertz CT molecular complexity index is 1240. The topological polar surface area (TPSA) is 69.2 Å². The molecule has 2 aromatic heterocycles. The van der Waals surface area contributed by atoms with Crippen molar-refractivity contribution in [2.75, 3.05) is 19.0 Å². The molecule has 164 valence electrons. The van der Waals surface area contributed by atoms with Crippen LogP contribution in [0.5, 0.6) is 11.6 Å². The molecule has 0 aliphatic carbocycles. The van der Waals surface area contributed by atoms with Gasteiger partial charge in [0.25, 0.3) is 0 Å². The van der Waals surface area contributed by atoms with Crippen LogP contribution in [0.4, 0.5) is 19.1 Å². The summed E-state index contributed by atoms with van der Waals surface area (Å²) in [6, 6.07) is 11.6. The van der Waals surface area contributed by atoms with Crippen LogP contribution in [-0.2, 0) is 6.54 Å². The highest BCUT2D eigenvalue weighted by molar-refractivity contribution is 5.83. The number of hydrogen-bond acceptors (Lipinski definition) is 6. The standard InChI is InChI=1S/C23H19F3N4O2/c1-3-32-22-21-20(9-8-19(28-21)13-4-6-14(24)7-5-13)29-23(30-22)27-12-16-17(25)10-15(31-2)11-18(16)26/h4-11H,3,12H2,1-2H3,(H,27,29,30). The van der Waals surface area contributed by atoms with Crippen molar-refractivity contribution in [2.45, 2.75) is 13.5 Å². The normalized spacial score (nSPS) is 10.9. The van der Waals surface area contributed by atoms with Crippen LogP contribution in [0.25, 0.3) is 22.3 Å². The lowest BCUT2D eigenvalue weighted by Gasteiger charge is -2.12. The second kappa shape index (κ2) is 9.09. The van der Waals surface area contributed by atoms with Crippen molar-refractivity contribution in [1.82, 2.24) is 15.0 Å². The first-order chi connectivity index (χ1) is 15.5. The molecule has 0 atom stereocenters. The van der Waals surface area contributed by atoms with Crippen LogP contribution >= 0.6 is 0 Å². The van der Waals surface area contributed by atoms with E-state index in [-0.39, 0.29) is 35.5 Å². The first-order valence-corrected chi connectivity index (χ1v) is 9.81. The highest BCUT2D eigenvalue weighted by Crippen LogP contribution is 2.27. The van der Waals surface area contributed by atoms with Crippen LogP contribution in [-0.4, -0.2) is 28.7 Å². The molecular weight excluding hydrogens is 421 g/mol. The van der Waals surface area contributed by atoms with Gasteiger partial charge in [-0.25, -0.2) is 23.1 Å². The van der Waals surface area contributed by atoms with Crippen molar-refractivity contribution >= 4 is 17.0 Å². The fourth-order valence-electron chi connectivity index (χ4n) is 3.12. The van der Waals surface area contributed by atoms with E-state index in [1.165, 1.54) is 19.2 Å². The summed E-state index contributed by atoms with van der Waals surface area (Å²) in [6.45, 7) is 1.95. The SMILES string of the molecule is CCOc1nc(NCc2c(F)cc(OC)cc2F)nc2ccc(-c3ccc(F)cc3)nc12. The quantitative estimate of drug-likeness (QED) is 0.430. The number of hydrogen-bond donors (Lipinski definition) is 1. The van der Waals surface area contributed by atoms with E-state index in [9.17, 15) is 13.2 Å². The Kier molecular flexibility index (Phi) is 6.07. The van der Waals surface area contributed by atoms with Gasteiger partial charge in [-0.2, -0.15) is 4.98 Å². The van der Waals surface area contributed by atoms with E-state index in [1.807, 2.05) is 0 Å². The third-order valence-electron chi connectivity index (χ3n) is 4.70. The zero-order valence-corrected chi connectivity index (χ0v) is 17.3. The molecule has 4 aromatic rings. The van der Waals surface area contributed by atoms with E-state index >= 15 is 0 Å². The number of ether oxygens (including phenoxy) is 2. The second-order valence-corrected chi connectivity index (χ2v) is 6.78. The molecule has 0 bridgehead atoms. The number of benzene rings is 2. The summed E-state index contributed by atoms with van der Waals surface area (Å²) in [7, 11) is 1.33. The smallest absolute Gasteiger partial charge is 0.245 e. The maximum atomic E-state index is 14.2. The number of halogens is 3. The molecule has 6 nitrogen and oxygen atoms in total. The van der Waals surface area contributed by atoms with Crippen LogP contribution in [0.1, 0.15) is 12.5 Å². The van der Waals surface area contributed by atoms with E-state index in [1.54, 1.807) is 31.2 Å². The minimum Gasteiger partial charge on any atom is -0.497 e. The predicted octanol–water partition coefficient (Wildman–Crippen LogP) is 5.13. The van der Waals surface area contributed by atoms with Crippen LogP contribution in [0.2, 0.25) is 0 Å². The predicted molar refractivity (Wildman–Crippen MR) is 114 cm³/mol. The number of rotatable bonds is 7. The molecule has 9 heteroatoms. The lowest BCUT2D eigenvalue weighted by Crippen LogP contribution is -2.09. The van der Waals surface area contributed by atoms with Gasteiger partial charge in [0.05, 0.1) is 24.9 Å². The molecule has 0 amide bonds. The van der Waals surface area contributed by atoms with Gasteiger partial charge in [-0.3, -0.25) is 0 Å². The average Bonchev–Trinajstić information content (AvgIpc) is 2.79. The number of methoxy groups -OCH3 is 1. The molecule has 1 N–H and O–H groups in total. The molecular formula is C23H19F3N4O2. The van der Waals surface area contributed by atoms with Gasteiger partial charge >= 0.3 is 0 Å². The minimum atomic E-state index is -0.745. The minimum absolute atomic E-state index is 0.0902. The van der Waals surface area contributed by atoms with Crippen molar-refractivity contribution in [3.8, 4) is 22.9 Å². The van der Waals surface area contributed by atoms with E-state index in [2.05, 4.69) is 20.3 Å². The summed E-state index contributed by atoms with van der Waals surface area (Å²) >= 11 is 0. The van der Waals surface area contributed by atoms with Crippen LogP contribution in [0, 0.1) is 17.5 Å². The zero-order valence-electron chi connectivity index (χ0n) is 17.3. The lowest BCUT2D eigenvalue weighted by atomic mass is 10.1. The highest BCUT2D eigenvalue weighted by Gasteiger charge is 2.15. The van der Waals surface area contributed by atoms with Crippen molar-refractivity contribution in [2.24, 2.45) is 0 Å². The van der Waals surface area contributed by atoms with Gasteiger partial charge < -0.3 is 14.8 Å². The molecule has 0 saturated heterocycles. The maximum absolute atomic E-state index is 14.2. The van der Waals surface area contributed by atoms with Gasteiger partial charge in [0.2, 0.25) is 11.8 Å². The third-order valence-corrected chi connectivity index (χ3v) is 4.70. The summed E-state index contributed by atoms with van der Waals surface area (Å²) in [5.74, 6) is -1.39. The van der Waals surface area contributed by atoms with Crippen LogP contribution < -0.4 is 14.8 Å². The lowest BCUT2D eigenvalue weighted by molar-refractivity contribution is 0.330. The van der Waals surface area contributed by atoms with Gasteiger partial charge in [-0.05, 0) is 43.3 Å². The number of anilines is 1. The Morgan fingerprint density at radius 3 is 2.28 bits per heavy atom. The van der Waals surface area contributed by atoms with E-state index in [0.29, 0.717) is 23.3 Å². The molecule has 0 saturated carbocycles. The monoisotopic (exact) mass is 440 g/mol. The van der Waals surface area contributed by atoms with Crippen LogP contribution in [0.3, 0.4) is 0 Å². The van der Waals surface area contributed by atoms with Gasteiger partial charge in [0.15, 0.2) is 5.52 Å². The highest BCUT2D eigenvalue weighted by atomic mass is 19.1. The summed E-state index contributed by atoms with van der Waals surface area (Å²) < 4.78 is 52.2. The van der Waals surface area contributed by atoms with E-state index in [4.69, 9.17) is 9.47 Å². The Balaban J connectivity index is 1.66. The molecule has 0 unspecified atom stereocenters. The van der Waals surface area contributed by atoms with Gasteiger partial charge in [-0.1, -0.05) is 0 Å². The summed E-state index contributed by atoms with van der Waals surface area (Å²) in [5, 5.41) is 2.83. The van der Waals surface area contributed by atoms with Gasteiger partial charge in [0.1, 0.15) is 23.2 Å². The Hall–Kier alpha value is -3.88. The molecule has 4 rings (SSSR count). The Labute approximate surface area is 182 Å². The molecule has 0 spiro atoms. The fraction of sp³-hybridized carbons (Fsp3) is 0.174. The first-order valence-electron chi connectivity index (χ1n) is 9.81. The molecule has 0 aliphatic heterocycles. The fourth-order valence-corrected chi connectivity index (χ4v) is 3.12. The largest absolute Gasteiger partial charge is 0.497 e. The number of fused-ring (bicyclic) bond motifs is 1. The van der Waals surface area contributed by atoms with Crippen LogP contribution in [0.15, 0.2) is 48.5 Å². The molecule has 0 radical (unpaired) electrons. The zero-order chi connectivity index (χ0) is 22.7. The third kappa shape index (κ3) is 4.41. The number of aromatic nitrogens is 3. The Morgan fingerprint density at radius 2 is 1.62 bits per heavy atom. The van der Waals surface area contributed by atoms with Crippen molar-refractivity contribution in [1.29, 1.82) is 0 Å². The van der Waals surface area contributed by atoms with Crippen molar-refractivity contribution in [3.05, 3.63) is 71.5 Å². The summed E-state index contributed by atoms with van der Waals surface area (Å²) in [6.07, 6.45) is 0. The molecule has 32 heavy (non-hydrogen) atoms. The van der Waals surface area contributed by atoms with Gasteiger partial charge in [0, 0.05) is 29.8 Å². The first kappa shape index (κ1) is 21.4. The maximum Gasteiger partial charge on any atom is 0.245 e. The number of nitrogens with zero attached hydrogens (tertiary/aromatic N) is 3. The van der Waals surface area contributed by atoms with Crippen molar-refractivity contribution in [3.63, 3.8) is 0 Å². The second-order valence-electron chi connectivity index (χ2n) is 6.78. The summed E-state index contributed by atoms with van der Waals surface area (Å²) in [5.41, 5.74) is 2.05.